The number of benzene rings is 1. The highest BCUT2D eigenvalue weighted by Crippen LogP contribution is 2.27. The van der Waals surface area contributed by atoms with Crippen molar-refractivity contribution < 1.29 is 14.3 Å². The highest BCUT2D eigenvalue weighted by Gasteiger charge is 2.17. The second-order valence-electron chi connectivity index (χ2n) is 3.53. The highest BCUT2D eigenvalue weighted by molar-refractivity contribution is 5.93. The molecule has 0 aliphatic heterocycles. The van der Waals surface area contributed by atoms with E-state index in [1.165, 1.54) is 7.11 Å². The average Bonchev–Trinajstić information content (AvgIpc) is 2.91. The van der Waals surface area contributed by atoms with E-state index in [1.807, 2.05) is 6.07 Å². The molecule has 18 heavy (non-hydrogen) atoms. The number of carbonyl (C=O) groups excluding carboxylic acids is 1. The van der Waals surface area contributed by atoms with E-state index >= 15 is 0 Å². The number of rotatable bonds is 4. The largest absolute Gasteiger partial charge is 0.494 e. The maximum Gasteiger partial charge on any atom is 0.341 e. The Bertz CT molecular complexity index is 535. The Morgan fingerprint density at radius 1 is 1.39 bits per heavy atom. The zero-order valence-electron chi connectivity index (χ0n) is 10.3. The van der Waals surface area contributed by atoms with Crippen LogP contribution in [0, 0.1) is 0 Å². The molecule has 0 amide bonds. The summed E-state index contributed by atoms with van der Waals surface area (Å²) in [7, 11) is 1.52. The van der Waals surface area contributed by atoms with Crippen LogP contribution in [0.2, 0.25) is 0 Å². The lowest BCUT2D eigenvalue weighted by Crippen LogP contribution is -2.09. The monoisotopic (exact) mass is 246 g/mol. The van der Waals surface area contributed by atoms with Gasteiger partial charge in [0, 0.05) is 12.4 Å². The van der Waals surface area contributed by atoms with Crippen molar-refractivity contribution in [3.8, 4) is 11.4 Å². The van der Waals surface area contributed by atoms with Crippen LogP contribution in [-0.4, -0.2) is 29.5 Å². The molecule has 94 valence electrons. The minimum Gasteiger partial charge on any atom is -0.494 e. The van der Waals surface area contributed by atoms with Gasteiger partial charge in [0.05, 0.1) is 13.7 Å². The van der Waals surface area contributed by atoms with Crippen molar-refractivity contribution in [2.75, 3.05) is 13.7 Å². The molecule has 0 bridgehead atoms. The van der Waals surface area contributed by atoms with Gasteiger partial charge in [-0.3, -0.25) is 0 Å². The van der Waals surface area contributed by atoms with Crippen LogP contribution in [0.15, 0.2) is 36.7 Å². The van der Waals surface area contributed by atoms with Crippen LogP contribution in [0.1, 0.15) is 17.3 Å². The third-order valence-corrected chi connectivity index (χ3v) is 2.44. The van der Waals surface area contributed by atoms with Crippen molar-refractivity contribution in [3.63, 3.8) is 0 Å². The van der Waals surface area contributed by atoms with Crippen molar-refractivity contribution in [2.24, 2.45) is 0 Å². The summed E-state index contributed by atoms with van der Waals surface area (Å²) in [6, 6.07) is 7.07. The summed E-state index contributed by atoms with van der Waals surface area (Å²) in [6.45, 7) is 2.09. The SMILES string of the molecule is CCOC(=O)c1cccc(-n2cccn2)c1OC. The number of nitrogens with zero attached hydrogens (tertiary/aromatic N) is 2. The predicted octanol–water partition coefficient (Wildman–Crippen LogP) is 2.06. The molecular formula is C13H14N2O3. The van der Waals surface area contributed by atoms with Crippen molar-refractivity contribution >= 4 is 5.97 Å². The fraction of sp³-hybridized carbons (Fsp3) is 0.231. The third kappa shape index (κ3) is 2.20. The van der Waals surface area contributed by atoms with Gasteiger partial charge >= 0.3 is 5.97 Å². The molecule has 2 aromatic rings. The van der Waals surface area contributed by atoms with Crippen molar-refractivity contribution in [3.05, 3.63) is 42.2 Å². The van der Waals surface area contributed by atoms with Gasteiger partial charge in [-0.2, -0.15) is 5.10 Å². The summed E-state index contributed by atoms with van der Waals surface area (Å²) in [4.78, 5) is 11.8. The number of methoxy groups -OCH3 is 1. The van der Waals surface area contributed by atoms with Crippen LogP contribution < -0.4 is 4.74 Å². The number of para-hydroxylation sites is 1. The zero-order valence-corrected chi connectivity index (χ0v) is 10.3. The Labute approximate surface area is 105 Å². The fourth-order valence-corrected chi connectivity index (χ4v) is 1.70. The number of ether oxygens (including phenoxy) is 2. The Hall–Kier alpha value is -2.30. The first-order valence-corrected chi connectivity index (χ1v) is 5.62. The van der Waals surface area contributed by atoms with Crippen LogP contribution in [0.3, 0.4) is 0 Å². The fourth-order valence-electron chi connectivity index (χ4n) is 1.70. The van der Waals surface area contributed by atoms with E-state index in [0.717, 1.165) is 0 Å². The Morgan fingerprint density at radius 2 is 2.22 bits per heavy atom. The maximum atomic E-state index is 11.8. The molecule has 0 unspecified atom stereocenters. The summed E-state index contributed by atoms with van der Waals surface area (Å²) in [5.74, 6) is 0.0583. The van der Waals surface area contributed by atoms with Gasteiger partial charge in [0.2, 0.25) is 0 Å². The van der Waals surface area contributed by atoms with Crippen LogP contribution in [0.25, 0.3) is 5.69 Å². The van der Waals surface area contributed by atoms with Crippen molar-refractivity contribution in [2.45, 2.75) is 6.92 Å². The Balaban J connectivity index is 2.49. The van der Waals surface area contributed by atoms with E-state index in [2.05, 4.69) is 5.10 Å². The minimum atomic E-state index is -0.400. The molecule has 2 rings (SSSR count). The van der Waals surface area contributed by atoms with E-state index in [0.29, 0.717) is 23.6 Å². The van der Waals surface area contributed by atoms with Crippen molar-refractivity contribution in [1.82, 2.24) is 9.78 Å². The van der Waals surface area contributed by atoms with Gasteiger partial charge in [0.15, 0.2) is 5.75 Å². The molecule has 0 aliphatic rings. The van der Waals surface area contributed by atoms with Crippen LogP contribution in [0.5, 0.6) is 5.75 Å². The minimum absolute atomic E-state index is 0.327. The van der Waals surface area contributed by atoms with Gasteiger partial charge < -0.3 is 9.47 Å². The highest BCUT2D eigenvalue weighted by atomic mass is 16.5. The lowest BCUT2D eigenvalue weighted by molar-refractivity contribution is 0.0522. The standard InChI is InChI=1S/C13H14N2O3/c1-3-18-13(16)10-6-4-7-11(12(10)17-2)15-9-5-8-14-15/h4-9H,3H2,1-2H3. The molecular weight excluding hydrogens is 232 g/mol. The summed E-state index contributed by atoms with van der Waals surface area (Å²) < 4.78 is 11.9. The molecule has 5 nitrogen and oxygen atoms in total. The van der Waals surface area contributed by atoms with Gasteiger partial charge in [-0.1, -0.05) is 6.07 Å². The van der Waals surface area contributed by atoms with Gasteiger partial charge in [-0.05, 0) is 25.1 Å². The normalized spacial score (nSPS) is 10.1. The topological polar surface area (TPSA) is 53.4 Å². The van der Waals surface area contributed by atoms with Gasteiger partial charge in [-0.25, -0.2) is 9.48 Å². The quantitative estimate of drug-likeness (QED) is 0.775. The molecule has 0 atom stereocenters. The second-order valence-corrected chi connectivity index (χ2v) is 3.53. The van der Waals surface area contributed by atoms with Gasteiger partial charge in [0.25, 0.3) is 0 Å². The van der Waals surface area contributed by atoms with Gasteiger partial charge in [0.1, 0.15) is 11.3 Å². The van der Waals surface area contributed by atoms with Crippen LogP contribution in [-0.2, 0) is 4.74 Å². The molecule has 0 aliphatic carbocycles. The average molecular weight is 246 g/mol. The molecule has 0 radical (unpaired) electrons. The molecule has 1 aromatic carbocycles. The Morgan fingerprint density at radius 3 is 2.83 bits per heavy atom. The third-order valence-electron chi connectivity index (χ3n) is 2.44. The first-order valence-electron chi connectivity index (χ1n) is 5.62. The van der Waals surface area contributed by atoms with Gasteiger partial charge in [-0.15, -0.1) is 0 Å². The van der Waals surface area contributed by atoms with Crippen LogP contribution >= 0.6 is 0 Å². The van der Waals surface area contributed by atoms with E-state index in [4.69, 9.17) is 9.47 Å². The van der Waals surface area contributed by atoms with Crippen LogP contribution in [0.4, 0.5) is 0 Å². The summed E-state index contributed by atoms with van der Waals surface area (Å²) in [5, 5.41) is 4.13. The number of aromatic nitrogens is 2. The van der Waals surface area contributed by atoms with E-state index in [1.54, 1.807) is 42.2 Å². The molecule has 0 saturated heterocycles. The molecule has 5 heteroatoms. The molecule has 1 heterocycles. The number of hydrogen-bond acceptors (Lipinski definition) is 4. The number of esters is 1. The zero-order chi connectivity index (χ0) is 13.0. The number of hydrogen-bond donors (Lipinski definition) is 0. The first kappa shape index (κ1) is 12.2. The maximum absolute atomic E-state index is 11.8. The van der Waals surface area contributed by atoms with E-state index in [9.17, 15) is 4.79 Å². The lowest BCUT2D eigenvalue weighted by Gasteiger charge is -2.12. The Kier molecular flexibility index (Phi) is 3.62. The predicted molar refractivity (Wildman–Crippen MR) is 66.1 cm³/mol. The van der Waals surface area contributed by atoms with E-state index < -0.39 is 5.97 Å². The number of carbonyl (C=O) groups is 1. The summed E-state index contributed by atoms with van der Waals surface area (Å²) in [5.41, 5.74) is 1.10. The second kappa shape index (κ2) is 5.35. The molecule has 0 fully saturated rings. The van der Waals surface area contributed by atoms with E-state index in [-0.39, 0.29) is 0 Å². The smallest absolute Gasteiger partial charge is 0.341 e. The molecule has 0 spiro atoms. The molecule has 1 aromatic heterocycles. The summed E-state index contributed by atoms with van der Waals surface area (Å²) >= 11 is 0. The van der Waals surface area contributed by atoms with Crippen molar-refractivity contribution in [1.29, 1.82) is 0 Å². The molecule has 0 N–H and O–H groups in total. The lowest BCUT2D eigenvalue weighted by atomic mass is 10.1. The molecule has 0 saturated carbocycles. The first-order chi connectivity index (χ1) is 8.77. The summed E-state index contributed by atoms with van der Waals surface area (Å²) in [6.07, 6.45) is 3.45.